The number of piperidine rings is 1. The molecule has 0 atom stereocenters. The lowest BCUT2D eigenvalue weighted by Crippen LogP contribution is -2.34. The second kappa shape index (κ2) is 7.01. The van der Waals surface area contributed by atoms with Crippen LogP contribution in [0.5, 0.6) is 0 Å². The maximum atomic E-state index is 4.63. The van der Waals surface area contributed by atoms with Gasteiger partial charge in [0.2, 0.25) is 0 Å². The molecule has 1 fully saturated rings. The van der Waals surface area contributed by atoms with Gasteiger partial charge in [-0.2, -0.15) is 5.10 Å². The normalized spacial score (nSPS) is 15.5. The van der Waals surface area contributed by atoms with Gasteiger partial charge in [-0.3, -0.25) is 4.98 Å². The number of aromatic nitrogens is 5. The van der Waals surface area contributed by atoms with Gasteiger partial charge in [-0.1, -0.05) is 6.07 Å². The van der Waals surface area contributed by atoms with Gasteiger partial charge in [0.15, 0.2) is 5.82 Å². The average molecular weight is 334 g/mol. The van der Waals surface area contributed by atoms with Crippen molar-refractivity contribution in [3.05, 3.63) is 66.1 Å². The molecule has 0 N–H and O–H groups in total. The molecule has 25 heavy (non-hydrogen) atoms. The molecule has 0 amide bonds. The summed E-state index contributed by atoms with van der Waals surface area (Å²) in [7, 11) is 0. The van der Waals surface area contributed by atoms with E-state index < -0.39 is 0 Å². The Morgan fingerprint density at radius 1 is 1.00 bits per heavy atom. The molecule has 3 aromatic rings. The molecule has 1 saturated heterocycles. The van der Waals surface area contributed by atoms with Gasteiger partial charge in [-0.25, -0.2) is 4.98 Å². The number of anilines is 1. The average Bonchev–Trinajstić information content (AvgIpc) is 3.11. The molecule has 6 nitrogen and oxygen atoms in total. The quantitative estimate of drug-likeness (QED) is 0.734. The summed E-state index contributed by atoms with van der Waals surface area (Å²) in [5.41, 5.74) is 2.02. The van der Waals surface area contributed by atoms with E-state index >= 15 is 0 Å². The van der Waals surface area contributed by atoms with Crippen LogP contribution in [0, 0.1) is 6.92 Å². The summed E-state index contributed by atoms with van der Waals surface area (Å²) in [5, 5.41) is 8.48. The predicted octanol–water partition coefficient (Wildman–Crippen LogP) is 2.81. The fourth-order valence-corrected chi connectivity index (χ4v) is 3.41. The predicted molar refractivity (Wildman–Crippen MR) is 96.5 cm³/mol. The lowest BCUT2D eigenvalue weighted by atomic mass is 9.96. The highest BCUT2D eigenvalue weighted by atomic mass is 15.3. The van der Waals surface area contributed by atoms with E-state index in [1.54, 1.807) is 0 Å². The van der Waals surface area contributed by atoms with Crippen molar-refractivity contribution < 1.29 is 0 Å². The van der Waals surface area contributed by atoms with E-state index in [1.165, 1.54) is 5.82 Å². The third-order valence-corrected chi connectivity index (χ3v) is 4.77. The Labute approximate surface area is 147 Å². The van der Waals surface area contributed by atoms with Crippen LogP contribution < -0.4 is 4.90 Å². The topological polar surface area (TPSA) is 59.7 Å². The number of pyridine rings is 1. The molecule has 1 aliphatic rings. The van der Waals surface area contributed by atoms with E-state index in [2.05, 4.69) is 48.0 Å². The molecule has 0 aliphatic carbocycles. The summed E-state index contributed by atoms with van der Waals surface area (Å²) in [4.78, 5) is 11.4. The Kier molecular flexibility index (Phi) is 4.41. The minimum atomic E-state index is 0.480. The molecular formula is C19H22N6. The molecule has 0 radical (unpaired) electrons. The van der Waals surface area contributed by atoms with Crippen molar-refractivity contribution in [1.82, 2.24) is 24.7 Å². The molecule has 0 unspecified atom stereocenters. The minimum Gasteiger partial charge on any atom is -0.355 e. The first kappa shape index (κ1) is 15.7. The van der Waals surface area contributed by atoms with Crippen molar-refractivity contribution in [1.29, 1.82) is 0 Å². The van der Waals surface area contributed by atoms with Crippen molar-refractivity contribution >= 4 is 5.82 Å². The third-order valence-electron chi connectivity index (χ3n) is 4.77. The van der Waals surface area contributed by atoms with Crippen LogP contribution in [0.4, 0.5) is 5.82 Å². The molecule has 0 saturated carbocycles. The number of hydrogen-bond donors (Lipinski definition) is 0. The lowest BCUT2D eigenvalue weighted by Gasteiger charge is -2.32. The largest absolute Gasteiger partial charge is 0.355 e. The van der Waals surface area contributed by atoms with Crippen molar-refractivity contribution in [2.24, 2.45) is 0 Å². The van der Waals surface area contributed by atoms with E-state index in [4.69, 9.17) is 0 Å². The summed E-state index contributed by atoms with van der Waals surface area (Å²) in [5.74, 6) is 2.62. The minimum absolute atomic E-state index is 0.480. The summed E-state index contributed by atoms with van der Waals surface area (Å²) < 4.78 is 2.23. The number of hydrogen-bond acceptors (Lipinski definition) is 5. The van der Waals surface area contributed by atoms with E-state index in [0.717, 1.165) is 49.7 Å². The van der Waals surface area contributed by atoms with E-state index in [1.807, 2.05) is 37.5 Å². The van der Waals surface area contributed by atoms with Crippen LogP contribution in [0.15, 0.2) is 48.9 Å². The maximum Gasteiger partial charge on any atom is 0.151 e. The molecule has 128 valence electrons. The van der Waals surface area contributed by atoms with E-state index in [9.17, 15) is 0 Å². The summed E-state index contributed by atoms with van der Waals surface area (Å²) >= 11 is 0. The van der Waals surface area contributed by atoms with Gasteiger partial charge in [0.1, 0.15) is 5.82 Å². The number of aryl methyl sites for hydroxylation is 1. The molecule has 0 bridgehead atoms. The molecule has 0 spiro atoms. The van der Waals surface area contributed by atoms with Crippen LogP contribution in [-0.4, -0.2) is 37.8 Å². The standard InChI is InChI=1S/C19H22N6/c1-15-5-6-18(23-22-15)24-11-7-16(8-12-24)19-21-10-13-25(19)14-17-4-2-3-9-20-17/h2-6,9-10,13,16H,7-8,11-12,14H2,1H3. The van der Waals surface area contributed by atoms with Crippen LogP contribution in [0.25, 0.3) is 0 Å². The highest BCUT2D eigenvalue weighted by Crippen LogP contribution is 2.29. The number of nitrogens with zero attached hydrogens (tertiary/aromatic N) is 6. The van der Waals surface area contributed by atoms with Gasteiger partial charge >= 0.3 is 0 Å². The Hall–Kier alpha value is -2.76. The zero-order chi connectivity index (χ0) is 17.1. The highest BCUT2D eigenvalue weighted by Gasteiger charge is 2.24. The number of rotatable bonds is 4. The van der Waals surface area contributed by atoms with Crippen molar-refractivity contribution in [3.63, 3.8) is 0 Å². The first-order chi connectivity index (χ1) is 12.3. The molecule has 4 heterocycles. The first-order valence-corrected chi connectivity index (χ1v) is 8.76. The van der Waals surface area contributed by atoms with Crippen LogP contribution in [0.3, 0.4) is 0 Å². The zero-order valence-corrected chi connectivity index (χ0v) is 14.4. The molecule has 0 aromatic carbocycles. The van der Waals surface area contributed by atoms with Crippen molar-refractivity contribution in [2.75, 3.05) is 18.0 Å². The van der Waals surface area contributed by atoms with Crippen LogP contribution in [0.1, 0.15) is 36.0 Å². The summed E-state index contributed by atoms with van der Waals surface area (Å²) in [6.07, 6.45) is 7.95. The maximum absolute atomic E-state index is 4.63. The third kappa shape index (κ3) is 3.52. The Bertz CT molecular complexity index is 803. The Morgan fingerprint density at radius 2 is 1.88 bits per heavy atom. The Balaban J connectivity index is 1.43. The van der Waals surface area contributed by atoms with Gasteiger partial charge in [0.25, 0.3) is 0 Å². The van der Waals surface area contributed by atoms with Crippen LogP contribution >= 0.6 is 0 Å². The van der Waals surface area contributed by atoms with Crippen molar-refractivity contribution in [2.45, 2.75) is 32.2 Å². The van der Waals surface area contributed by atoms with Crippen molar-refractivity contribution in [3.8, 4) is 0 Å². The smallest absolute Gasteiger partial charge is 0.151 e. The second-order valence-corrected chi connectivity index (χ2v) is 6.53. The SMILES string of the molecule is Cc1ccc(N2CCC(c3nccn3Cc3ccccn3)CC2)nn1. The van der Waals surface area contributed by atoms with Gasteiger partial charge in [-0.15, -0.1) is 5.10 Å². The summed E-state index contributed by atoms with van der Waals surface area (Å²) in [6, 6.07) is 10.1. The van der Waals surface area contributed by atoms with Crippen LogP contribution in [0.2, 0.25) is 0 Å². The lowest BCUT2D eigenvalue weighted by molar-refractivity contribution is 0.467. The van der Waals surface area contributed by atoms with Gasteiger partial charge in [-0.05, 0) is 44.0 Å². The van der Waals surface area contributed by atoms with E-state index in [-0.39, 0.29) is 0 Å². The highest BCUT2D eigenvalue weighted by molar-refractivity contribution is 5.38. The summed E-state index contributed by atoms with van der Waals surface area (Å²) in [6.45, 7) is 4.71. The van der Waals surface area contributed by atoms with Gasteiger partial charge < -0.3 is 9.47 Å². The monoisotopic (exact) mass is 334 g/mol. The number of imidazole rings is 1. The fourth-order valence-electron chi connectivity index (χ4n) is 3.41. The van der Waals surface area contributed by atoms with Crippen LogP contribution in [-0.2, 0) is 6.54 Å². The molecule has 1 aliphatic heterocycles. The second-order valence-electron chi connectivity index (χ2n) is 6.53. The Morgan fingerprint density at radius 3 is 2.60 bits per heavy atom. The van der Waals surface area contributed by atoms with Gasteiger partial charge in [0, 0.05) is 37.6 Å². The van der Waals surface area contributed by atoms with Gasteiger partial charge in [0.05, 0.1) is 17.9 Å². The van der Waals surface area contributed by atoms with E-state index in [0.29, 0.717) is 5.92 Å². The molecule has 3 aromatic heterocycles. The zero-order valence-electron chi connectivity index (χ0n) is 14.4. The molecule has 6 heteroatoms. The fraction of sp³-hybridized carbons (Fsp3) is 0.368. The molecule has 4 rings (SSSR count). The first-order valence-electron chi connectivity index (χ1n) is 8.76. The molecular weight excluding hydrogens is 312 g/mol.